The molecule has 0 atom stereocenters. The van der Waals surface area contributed by atoms with Crippen LogP contribution < -0.4 is 10.6 Å². The first-order chi connectivity index (χ1) is 10.2. The van der Waals surface area contributed by atoms with E-state index < -0.39 is 0 Å². The summed E-state index contributed by atoms with van der Waals surface area (Å²) in [7, 11) is 1.69. The summed E-state index contributed by atoms with van der Waals surface area (Å²) in [5, 5.41) is 7.10. The van der Waals surface area contributed by atoms with Crippen LogP contribution in [0.15, 0.2) is 30.3 Å². The van der Waals surface area contributed by atoms with E-state index in [2.05, 4.69) is 20.6 Å². The van der Waals surface area contributed by atoms with E-state index in [4.69, 9.17) is 16.3 Å². The standard InChI is InChI=1S/C15H19ClN4O/c1-11-9-14(19-13-6-3-5-12(16)10-13)20-15(18-11)17-7-4-8-21-2/h3,5-6,9-10H,4,7-8H2,1-2H3,(H2,17,18,19,20). The average molecular weight is 307 g/mol. The largest absolute Gasteiger partial charge is 0.385 e. The molecule has 0 spiro atoms. The molecule has 1 aromatic heterocycles. The highest BCUT2D eigenvalue weighted by Crippen LogP contribution is 2.20. The summed E-state index contributed by atoms with van der Waals surface area (Å²) >= 11 is 5.97. The molecule has 0 radical (unpaired) electrons. The molecule has 0 aliphatic carbocycles. The third-order valence-electron chi connectivity index (χ3n) is 2.76. The topological polar surface area (TPSA) is 59.1 Å². The van der Waals surface area contributed by atoms with E-state index in [0.717, 1.165) is 30.2 Å². The zero-order valence-corrected chi connectivity index (χ0v) is 12.9. The fraction of sp³-hybridized carbons (Fsp3) is 0.333. The lowest BCUT2D eigenvalue weighted by Gasteiger charge is -2.10. The van der Waals surface area contributed by atoms with Crippen LogP contribution in [0.2, 0.25) is 5.02 Å². The van der Waals surface area contributed by atoms with Gasteiger partial charge in [0.25, 0.3) is 0 Å². The van der Waals surface area contributed by atoms with Crippen molar-refractivity contribution < 1.29 is 4.74 Å². The van der Waals surface area contributed by atoms with Crippen LogP contribution in [0.1, 0.15) is 12.1 Å². The first-order valence-corrected chi connectivity index (χ1v) is 7.16. The summed E-state index contributed by atoms with van der Waals surface area (Å²) in [6.45, 7) is 3.42. The molecule has 0 amide bonds. The number of nitrogens with zero attached hydrogens (tertiary/aromatic N) is 2. The smallest absolute Gasteiger partial charge is 0.224 e. The molecule has 0 unspecified atom stereocenters. The third-order valence-corrected chi connectivity index (χ3v) is 2.99. The molecule has 21 heavy (non-hydrogen) atoms. The van der Waals surface area contributed by atoms with E-state index >= 15 is 0 Å². The van der Waals surface area contributed by atoms with Gasteiger partial charge in [0.15, 0.2) is 0 Å². The lowest BCUT2D eigenvalue weighted by atomic mass is 10.3. The monoisotopic (exact) mass is 306 g/mol. The number of methoxy groups -OCH3 is 1. The van der Waals surface area contributed by atoms with E-state index in [9.17, 15) is 0 Å². The predicted molar refractivity (Wildman–Crippen MR) is 86.5 cm³/mol. The molecule has 6 heteroatoms. The molecule has 0 saturated heterocycles. The normalized spacial score (nSPS) is 10.4. The Labute approximate surface area is 129 Å². The highest BCUT2D eigenvalue weighted by atomic mass is 35.5. The van der Waals surface area contributed by atoms with Crippen molar-refractivity contribution in [3.8, 4) is 0 Å². The number of rotatable bonds is 7. The lowest BCUT2D eigenvalue weighted by Crippen LogP contribution is -2.09. The van der Waals surface area contributed by atoms with Crippen molar-refractivity contribution >= 4 is 29.1 Å². The summed E-state index contributed by atoms with van der Waals surface area (Å²) in [4.78, 5) is 8.80. The van der Waals surface area contributed by atoms with E-state index in [0.29, 0.717) is 17.6 Å². The summed E-state index contributed by atoms with van der Waals surface area (Å²) in [5.74, 6) is 1.34. The molecule has 0 fully saturated rings. The Kier molecular flexibility index (Phi) is 5.78. The Morgan fingerprint density at radius 3 is 2.86 bits per heavy atom. The van der Waals surface area contributed by atoms with Crippen LogP contribution in [0.4, 0.5) is 17.5 Å². The average Bonchev–Trinajstić information content (AvgIpc) is 2.43. The van der Waals surface area contributed by atoms with Crippen LogP contribution in [-0.2, 0) is 4.74 Å². The van der Waals surface area contributed by atoms with Crippen LogP contribution >= 0.6 is 11.6 Å². The minimum Gasteiger partial charge on any atom is -0.385 e. The summed E-state index contributed by atoms with van der Waals surface area (Å²) in [6.07, 6.45) is 0.908. The van der Waals surface area contributed by atoms with Crippen molar-refractivity contribution in [2.75, 3.05) is 30.9 Å². The van der Waals surface area contributed by atoms with Gasteiger partial charge in [-0.2, -0.15) is 4.98 Å². The number of benzene rings is 1. The molecule has 0 saturated carbocycles. The van der Waals surface area contributed by atoms with Gasteiger partial charge in [0.2, 0.25) is 5.95 Å². The van der Waals surface area contributed by atoms with Gasteiger partial charge < -0.3 is 15.4 Å². The maximum Gasteiger partial charge on any atom is 0.224 e. The Morgan fingerprint density at radius 1 is 1.24 bits per heavy atom. The van der Waals surface area contributed by atoms with E-state index in [-0.39, 0.29) is 0 Å². The molecule has 2 rings (SSSR count). The number of aryl methyl sites for hydroxylation is 1. The zero-order valence-electron chi connectivity index (χ0n) is 12.2. The molecule has 2 aromatic rings. The zero-order chi connectivity index (χ0) is 15.1. The highest BCUT2D eigenvalue weighted by Gasteiger charge is 2.03. The molecule has 1 heterocycles. The number of hydrogen-bond donors (Lipinski definition) is 2. The van der Waals surface area contributed by atoms with Crippen molar-refractivity contribution in [3.05, 3.63) is 41.0 Å². The minimum atomic E-state index is 0.607. The van der Waals surface area contributed by atoms with E-state index in [1.54, 1.807) is 7.11 Å². The van der Waals surface area contributed by atoms with Gasteiger partial charge in [0.05, 0.1) is 0 Å². The summed E-state index contributed by atoms with van der Waals surface area (Å²) in [6, 6.07) is 9.41. The number of aromatic nitrogens is 2. The molecule has 0 aliphatic heterocycles. The van der Waals surface area contributed by atoms with Gasteiger partial charge in [0.1, 0.15) is 5.82 Å². The predicted octanol–water partition coefficient (Wildman–Crippen LogP) is 3.63. The van der Waals surface area contributed by atoms with Crippen molar-refractivity contribution in [1.29, 1.82) is 0 Å². The first kappa shape index (κ1) is 15.5. The van der Waals surface area contributed by atoms with Gasteiger partial charge >= 0.3 is 0 Å². The molecule has 1 aromatic carbocycles. The molecular formula is C15H19ClN4O. The van der Waals surface area contributed by atoms with Crippen LogP contribution in [-0.4, -0.2) is 30.2 Å². The van der Waals surface area contributed by atoms with Crippen LogP contribution in [0.5, 0.6) is 0 Å². The molecule has 0 aliphatic rings. The van der Waals surface area contributed by atoms with Crippen molar-refractivity contribution in [2.45, 2.75) is 13.3 Å². The quantitative estimate of drug-likeness (QED) is 0.765. The van der Waals surface area contributed by atoms with E-state index in [1.165, 1.54) is 0 Å². The highest BCUT2D eigenvalue weighted by molar-refractivity contribution is 6.30. The summed E-state index contributed by atoms with van der Waals surface area (Å²) < 4.78 is 5.01. The van der Waals surface area contributed by atoms with Gasteiger partial charge in [-0.25, -0.2) is 4.98 Å². The fourth-order valence-corrected chi connectivity index (χ4v) is 2.03. The fourth-order valence-electron chi connectivity index (χ4n) is 1.84. The Balaban J connectivity index is 2.04. The molecule has 112 valence electrons. The number of ether oxygens (including phenoxy) is 1. The second-order valence-corrected chi connectivity index (χ2v) is 5.06. The van der Waals surface area contributed by atoms with Gasteiger partial charge in [-0.3, -0.25) is 0 Å². The number of anilines is 3. The first-order valence-electron chi connectivity index (χ1n) is 6.78. The third kappa shape index (κ3) is 5.21. The van der Waals surface area contributed by atoms with Gasteiger partial charge in [0, 0.05) is 42.7 Å². The van der Waals surface area contributed by atoms with Crippen LogP contribution in [0.3, 0.4) is 0 Å². The van der Waals surface area contributed by atoms with Gasteiger partial charge in [-0.15, -0.1) is 0 Å². The van der Waals surface area contributed by atoms with Crippen LogP contribution in [0.25, 0.3) is 0 Å². The van der Waals surface area contributed by atoms with Crippen molar-refractivity contribution in [1.82, 2.24) is 9.97 Å². The molecule has 0 bridgehead atoms. The lowest BCUT2D eigenvalue weighted by molar-refractivity contribution is 0.197. The second-order valence-electron chi connectivity index (χ2n) is 4.63. The van der Waals surface area contributed by atoms with E-state index in [1.807, 2.05) is 37.3 Å². The molecular weight excluding hydrogens is 288 g/mol. The van der Waals surface area contributed by atoms with Gasteiger partial charge in [-0.1, -0.05) is 17.7 Å². The SMILES string of the molecule is COCCCNc1nc(C)cc(Nc2cccc(Cl)c2)n1. The Morgan fingerprint density at radius 2 is 2.10 bits per heavy atom. The number of hydrogen-bond acceptors (Lipinski definition) is 5. The molecule has 2 N–H and O–H groups in total. The van der Waals surface area contributed by atoms with Crippen LogP contribution in [0, 0.1) is 6.92 Å². The number of halogens is 1. The minimum absolute atomic E-state index is 0.607. The van der Waals surface area contributed by atoms with Crippen molar-refractivity contribution in [2.24, 2.45) is 0 Å². The Hall–Kier alpha value is -1.85. The maximum absolute atomic E-state index is 5.97. The molecule has 5 nitrogen and oxygen atoms in total. The second kappa shape index (κ2) is 7.81. The van der Waals surface area contributed by atoms with Gasteiger partial charge in [-0.05, 0) is 31.5 Å². The maximum atomic E-state index is 5.97. The number of nitrogens with one attached hydrogen (secondary N) is 2. The summed E-state index contributed by atoms with van der Waals surface area (Å²) in [5.41, 5.74) is 1.79. The Bertz CT molecular complexity index is 592. The van der Waals surface area contributed by atoms with Crippen molar-refractivity contribution in [3.63, 3.8) is 0 Å².